The van der Waals surface area contributed by atoms with Gasteiger partial charge in [-0.05, 0) is 63.1 Å². The highest BCUT2D eigenvalue weighted by Crippen LogP contribution is 2.37. The standard InChI is InChI=1S/C27H18N2O5S/c30-25(28-18-9-10-22-23(12-18)34-15-33-22)14-29-26(31)24(35-27(29)32)13-21-19-7-3-1-5-16(19)11-17-6-2-4-8-20(17)21/h1-13H,14-15H2,(H,28,30). The van der Waals surface area contributed by atoms with E-state index in [2.05, 4.69) is 11.4 Å². The number of ether oxygens (including phenoxy) is 2. The molecule has 0 bridgehead atoms. The number of nitrogens with one attached hydrogen (secondary N) is 1. The number of carbonyl (C=O) groups excluding carboxylic acids is 3. The molecule has 0 aromatic heterocycles. The van der Waals surface area contributed by atoms with Crippen LogP contribution in [0.5, 0.6) is 11.5 Å². The summed E-state index contributed by atoms with van der Waals surface area (Å²) in [6, 6.07) is 23.0. The molecule has 0 spiro atoms. The maximum absolute atomic E-state index is 13.1. The fraction of sp³-hybridized carbons (Fsp3) is 0.0741. The van der Waals surface area contributed by atoms with Gasteiger partial charge in [0, 0.05) is 11.8 Å². The Balaban J connectivity index is 1.27. The maximum atomic E-state index is 13.1. The summed E-state index contributed by atoms with van der Waals surface area (Å²) in [4.78, 5) is 39.7. The van der Waals surface area contributed by atoms with Gasteiger partial charge in [0.25, 0.3) is 11.1 Å². The second-order valence-corrected chi connectivity index (χ2v) is 9.11. The van der Waals surface area contributed by atoms with Crippen molar-refractivity contribution < 1.29 is 23.9 Å². The average molecular weight is 483 g/mol. The highest BCUT2D eigenvalue weighted by molar-refractivity contribution is 8.18. The van der Waals surface area contributed by atoms with Gasteiger partial charge in [0.05, 0.1) is 4.91 Å². The molecule has 0 atom stereocenters. The van der Waals surface area contributed by atoms with Crippen LogP contribution in [-0.4, -0.2) is 35.3 Å². The number of hydrogen-bond donors (Lipinski definition) is 1. The minimum atomic E-state index is -0.488. The zero-order chi connectivity index (χ0) is 23.9. The van der Waals surface area contributed by atoms with E-state index in [1.165, 1.54) is 0 Å². The van der Waals surface area contributed by atoms with E-state index in [9.17, 15) is 14.4 Å². The van der Waals surface area contributed by atoms with Gasteiger partial charge in [-0.25, -0.2) is 0 Å². The van der Waals surface area contributed by atoms with Gasteiger partial charge in [0.2, 0.25) is 12.7 Å². The zero-order valence-electron chi connectivity index (χ0n) is 18.3. The summed E-state index contributed by atoms with van der Waals surface area (Å²) in [5.74, 6) is 0.153. The molecule has 1 N–H and O–H groups in total. The molecule has 4 aromatic rings. The van der Waals surface area contributed by atoms with Crippen LogP contribution >= 0.6 is 11.8 Å². The summed E-state index contributed by atoms with van der Waals surface area (Å²) in [5, 5.41) is 6.28. The molecule has 0 radical (unpaired) electrons. The molecule has 1 saturated heterocycles. The van der Waals surface area contributed by atoms with E-state index in [1.807, 2.05) is 48.5 Å². The van der Waals surface area contributed by atoms with E-state index in [0.29, 0.717) is 17.2 Å². The van der Waals surface area contributed by atoms with Gasteiger partial charge in [-0.3, -0.25) is 19.3 Å². The zero-order valence-corrected chi connectivity index (χ0v) is 19.1. The molecule has 7 nitrogen and oxygen atoms in total. The van der Waals surface area contributed by atoms with Crippen LogP contribution in [0.15, 0.2) is 77.7 Å². The van der Waals surface area contributed by atoms with Crippen molar-refractivity contribution in [3.63, 3.8) is 0 Å². The van der Waals surface area contributed by atoms with Crippen LogP contribution in [-0.2, 0) is 9.59 Å². The van der Waals surface area contributed by atoms with Crippen LogP contribution in [0, 0.1) is 0 Å². The number of anilines is 1. The van der Waals surface area contributed by atoms with Crippen molar-refractivity contribution >= 4 is 62.1 Å². The molecule has 2 heterocycles. The molecule has 8 heteroatoms. The second kappa shape index (κ2) is 8.48. The number of carbonyl (C=O) groups is 3. The largest absolute Gasteiger partial charge is 0.454 e. The Morgan fingerprint density at radius 3 is 2.34 bits per heavy atom. The topological polar surface area (TPSA) is 84.9 Å². The minimum absolute atomic E-state index is 0.127. The molecule has 6 rings (SSSR count). The third-order valence-corrected chi connectivity index (χ3v) is 6.83. The van der Waals surface area contributed by atoms with Crippen molar-refractivity contribution in [2.24, 2.45) is 0 Å². The lowest BCUT2D eigenvalue weighted by atomic mass is 9.96. The molecule has 35 heavy (non-hydrogen) atoms. The highest BCUT2D eigenvalue weighted by Gasteiger charge is 2.36. The Kier molecular flexibility index (Phi) is 5.15. The number of hydrogen-bond acceptors (Lipinski definition) is 6. The predicted octanol–water partition coefficient (Wildman–Crippen LogP) is 5.40. The second-order valence-electron chi connectivity index (χ2n) is 8.12. The summed E-state index contributed by atoms with van der Waals surface area (Å²) in [5.41, 5.74) is 1.36. The van der Waals surface area contributed by atoms with E-state index in [1.54, 1.807) is 24.3 Å². The van der Waals surface area contributed by atoms with Gasteiger partial charge >= 0.3 is 0 Å². The van der Waals surface area contributed by atoms with Crippen molar-refractivity contribution in [3.05, 3.63) is 83.3 Å². The Morgan fingerprint density at radius 2 is 1.60 bits per heavy atom. The molecule has 3 amide bonds. The Morgan fingerprint density at radius 1 is 0.914 bits per heavy atom. The van der Waals surface area contributed by atoms with Gasteiger partial charge in [0.1, 0.15) is 6.54 Å². The third kappa shape index (κ3) is 3.87. The van der Waals surface area contributed by atoms with Gasteiger partial charge in [-0.2, -0.15) is 0 Å². The van der Waals surface area contributed by atoms with Crippen molar-refractivity contribution in [2.75, 3.05) is 18.7 Å². The molecule has 2 aliphatic heterocycles. The summed E-state index contributed by atoms with van der Waals surface area (Å²) >= 11 is 0.840. The molecule has 1 fully saturated rings. The van der Waals surface area contributed by atoms with Crippen LogP contribution in [0.25, 0.3) is 27.6 Å². The first-order valence-electron chi connectivity index (χ1n) is 10.9. The Hall–Kier alpha value is -4.30. The first-order valence-corrected chi connectivity index (χ1v) is 11.7. The molecular weight excluding hydrogens is 464 g/mol. The molecule has 0 aliphatic carbocycles. The van der Waals surface area contributed by atoms with Crippen molar-refractivity contribution in [2.45, 2.75) is 0 Å². The number of fused-ring (bicyclic) bond motifs is 3. The van der Waals surface area contributed by atoms with Gasteiger partial charge < -0.3 is 14.8 Å². The molecule has 0 unspecified atom stereocenters. The summed E-state index contributed by atoms with van der Waals surface area (Å²) in [7, 11) is 0. The number of benzene rings is 4. The molecule has 4 aromatic carbocycles. The van der Waals surface area contributed by atoms with Crippen LogP contribution in [0.3, 0.4) is 0 Å². The number of rotatable bonds is 4. The minimum Gasteiger partial charge on any atom is -0.454 e. The fourth-order valence-corrected chi connectivity index (χ4v) is 5.11. The monoisotopic (exact) mass is 482 g/mol. The summed E-state index contributed by atoms with van der Waals surface area (Å²) in [6.07, 6.45) is 1.76. The van der Waals surface area contributed by atoms with Crippen LogP contribution in [0.4, 0.5) is 10.5 Å². The first kappa shape index (κ1) is 21.2. The number of imide groups is 1. The highest BCUT2D eigenvalue weighted by atomic mass is 32.2. The quantitative estimate of drug-likeness (QED) is 0.310. The normalized spacial score (nSPS) is 16.0. The van der Waals surface area contributed by atoms with E-state index in [4.69, 9.17) is 9.47 Å². The average Bonchev–Trinajstić information content (AvgIpc) is 3.43. The number of amides is 3. The smallest absolute Gasteiger partial charge is 0.294 e. The van der Waals surface area contributed by atoms with E-state index in [-0.39, 0.29) is 18.2 Å². The fourth-order valence-electron chi connectivity index (χ4n) is 4.29. The molecule has 0 saturated carbocycles. The molecule has 2 aliphatic rings. The SMILES string of the molecule is O=C(CN1C(=O)SC(=Cc2c3ccccc3cc3ccccc23)C1=O)Nc1ccc2c(c1)OCO2. The van der Waals surface area contributed by atoms with E-state index < -0.39 is 17.1 Å². The lowest BCUT2D eigenvalue weighted by molar-refractivity contribution is -0.127. The number of nitrogens with zero attached hydrogens (tertiary/aromatic N) is 1. The third-order valence-electron chi connectivity index (χ3n) is 5.92. The predicted molar refractivity (Wildman–Crippen MR) is 135 cm³/mol. The van der Waals surface area contributed by atoms with Crippen LogP contribution in [0.1, 0.15) is 5.56 Å². The van der Waals surface area contributed by atoms with Crippen molar-refractivity contribution in [3.8, 4) is 11.5 Å². The summed E-state index contributed by atoms with van der Waals surface area (Å²) in [6.45, 7) is -0.255. The van der Waals surface area contributed by atoms with Crippen LogP contribution in [0.2, 0.25) is 0 Å². The Labute approximate surface area is 204 Å². The van der Waals surface area contributed by atoms with Crippen molar-refractivity contribution in [1.29, 1.82) is 0 Å². The number of thioether (sulfide) groups is 1. The van der Waals surface area contributed by atoms with Crippen LogP contribution < -0.4 is 14.8 Å². The van der Waals surface area contributed by atoms with E-state index in [0.717, 1.165) is 43.8 Å². The van der Waals surface area contributed by atoms with Gasteiger partial charge in [0.15, 0.2) is 11.5 Å². The van der Waals surface area contributed by atoms with Crippen molar-refractivity contribution in [1.82, 2.24) is 4.90 Å². The van der Waals surface area contributed by atoms with Gasteiger partial charge in [-0.15, -0.1) is 0 Å². The molecular formula is C27H18N2O5S. The maximum Gasteiger partial charge on any atom is 0.294 e. The summed E-state index contributed by atoms with van der Waals surface area (Å²) < 4.78 is 10.6. The lowest BCUT2D eigenvalue weighted by Crippen LogP contribution is -2.36. The first-order chi connectivity index (χ1) is 17.1. The van der Waals surface area contributed by atoms with E-state index >= 15 is 0 Å². The molecule has 172 valence electrons. The Bertz CT molecular complexity index is 1520. The lowest BCUT2D eigenvalue weighted by Gasteiger charge is -2.13. The van der Waals surface area contributed by atoms with Gasteiger partial charge in [-0.1, -0.05) is 48.5 Å².